The second kappa shape index (κ2) is 4.60. The van der Waals surface area contributed by atoms with Gasteiger partial charge in [-0.05, 0) is 38.8 Å². The average molecular weight is 199 g/mol. The van der Waals surface area contributed by atoms with Crippen molar-refractivity contribution in [3.8, 4) is 0 Å². The number of hydrogen-bond donors (Lipinski definition) is 1. The minimum Gasteiger partial charge on any atom is -0.396 e. The van der Waals surface area contributed by atoms with Crippen LogP contribution in [0.3, 0.4) is 0 Å². The Morgan fingerprint density at radius 3 is 2.36 bits per heavy atom. The maximum atomic E-state index is 9.52. The van der Waals surface area contributed by atoms with E-state index in [4.69, 9.17) is 4.74 Å². The first-order chi connectivity index (χ1) is 6.85. The Morgan fingerprint density at radius 2 is 1.79 bits per heavy atom. The van der Waals surface area contributed by atoms with Crippen molar-refractivity contribution in [2.75, 3.05) is 39.5 Å². The molecule has 2 aliphatic rings. The highest BCUT2D eigenvalue weighted by atomic mass is 16.5. The molecule has 2 saturated heterocycles. The normalized spacial score (nSPS) is 28.1. The Labute approximate surface area is 86.0 Å². The van der Waals surface area contributed by atoms with Gasteiger partial charge in [0.1, 0.15) is 0 Å². The van der Waals surface area contributed by atoms with Crippen molar-refractivity contribution in [2.24, 2.45) is 5.41 Å². The molecule has 0 amide bonds. The molecule has 2 rings (SSSR count). The summed E-state index contributed by atoms with van der Waals surface area (Å²) in [5.74, 6) is 0. The van der Waals surface area contributed by atoms with Gasteiger partial charge in [0.2, 0.25) is 0 Å². The molecule has 0 aromatic heterocycles. The minimum atomic E-state index is 0.141. The molecule has 0 unspecified atom stereocenters. The molecule has 0 saturated carbocycles. The van der Waals surface area contributed by atoms with Crippen LogP contribution in [-0.2, 0) is 4.74 Å². The van der Waals surface area contributed by atoms with Gasteiger partial charge >= 0.3 is 0 Å². The lowest BCUT2D eigenvalue weighted by Gasteiger charge is -2.38. The molecule has 0 spiro atoms. The maximum Gasteiger partial charge on any atom is 0.0501 e. The first kappa shape index (κ1) is 10.4. The van der Waals surface area contributed by atoms with Gasteiger partial charge in [0, 0.05) is 25.2 Å². The summed E-state index contributed by atoms with van der Waals surface area (Å²) in [6.07, 6.45) is 4.72. The Bertz CT molecular complexity index is 172. The lowest BCUT2D eigenvalue weighted by molar-refractivity contribution is -0.0311. The van der Waals surface area contributed by atoms with E-state index >= 15 is 0 Å². The van der Waals surface area contributed by atoms with Crippen molar-refractivity contribution in [1.29, 1.82) is 0 Å². The molecular formula is C11H21NO2. The van der Waals surface area contributed by atoms with Crippen LogP contribution in [0.25, 0.3) is 0 Å². The van der Waals surface area contributed by atoms with Crippen LogP contribution in [0.15, 0.2) is 0 Å². The number of rotatable bonds is 3. The fourth-order valence-electron chi connectivity index (χ4n) is 2.59. The summed E-state index contributed by atoms with van der Waals surface area (Å²) in [6.45, 7) is 5.51. The molecule has 82 valence electrons. The molecule has 0 bridgehead atoms. The molecule has 3 nitrogen and oxygen atoms in total. The molecule has 0 atom stereocenters. The second-order valence-electron chi connectivity index (χ2n) is 4.75. The molecule has 2 aliphatic heterocycles. The van der Waals surface area contributed by atoms with E-state index in [2.05, 4.69) is 4.90 Å². The third kappa shape index (κ3) is 2.27. The number of aliphatic hydroxyl groups is 1. The third-order valence-electron chi connectivity index (χ3n) is 3.65. The van der Waals surface area contributed by atoms with E-state index in [-0.39, 0.29) is 5.41 Å². The molecule has 0 aliphatic carbocycles. The summed E-state index contributed by atoms with van der Waals surface area (Å²) in [4.78, 5) is 2.50. The van der Waals surface area contributed by atoms with E-state index in [1.165, 1.54) is 25.9 Å². The topological polar surface area (TPSA) is 32.7 Å². The summed E-state index contributed by atoms with van der Waals surface area (Å²) in [5, 5.41) is 9.52. The Morgan fingerprint density at radius 1 is 1.14 bits per heavy atom. The SMILES string of the molecule is OCC1(CN2CCCC2)CCOCC1. The summed E-state index contributed by atoms with van der Waals surface area (Å²) in [6, 6.07) is 0. The van der Waals surface area contributed by atoms with Crippen LogP contribution in [0, 0.1) is 5.41 Å². The van der Waals surface area contributed by atoms with Crippen LogP contribution in [-0.4, -0.2) is 49.5 Å². The van der Waals surface area contributed by atoms with Crippen molar-refractivity contribution >= 4 is 0 Å². The largest absolute Gasteiger partial charge is 0.396 e. The van der Waals surface area contributed by atoms with E-state index < -0.39 is 0 Å². The molecular weight excluding hydrogens is 178 g/mol. The Balaban J connectivity index is 1.89. The fraction of sp³-hybridized carbons (Fsp3) is 1.00. The zero-order chi connectivity index (χ0) is 9.86. The second-order valence-corrected chi connectivity index (χ2v) is 4.75. The highest BCUT2D eigenvalue weighted by Gasteiger charge is 2.34. The van der Waals surface area contributed by atoms with Gasteiger partial charge in [0.25, 0.3) is 0 Å². The van der Waals surface area contributed by atoms with Gasteiger partial charge in [-0.1, -0.05) is 0 Å². The van der Waals surface area contributed by atoms with Crippen molar-refractivity contribution < 1.29 is 9.84 Å². The van der Waals surface area contributed by atoms with Gasteiger partial charge in [0.05, 0.1) is 6.61 Å². The van der Waals surface area contributed by atoms with Crippen LogP contribution in [0.2, 0.25) is 0 Å². The van der Waals surface area contributed by atoms with Crippen LogP contribution in [0.5, 0.6) is 0 Å². The third-order valence-corrected chi connectivity index (χ3v) is 3.65. The van der Waals surface area contributed by atoms with Crippen LogP contribution in [0.1, 0.15) is 25.7 Å². The van der Waals surface area contributed by atoms with Gasteiger partial charge in [-0.15, -0.1) is 0 Å². The smallest absolute Gasteiger partial charge is 0.0501 e. The number of likely N-dealkylation sites (tertiary alicyclic amines) is 1. The summed E-state index contributed by atoms with van der Waals surface area (Å²) in [5.41, 5.74) is 0.141. The monoisotopic (exact) mass is 199 g/mol. The average Bonchev–Trinajstić information content (AvgIpc) is 2.72. The van der Waals surface area contributed by atoms with E-state index in [0.717, 1.165) is 32.6 Å². The van der Waals surface area contributed by atoms with E-state index in [0.29, 0.717) is 6.61 Å². The number of aliphatic hydroxyl groups excluding tert-OH is 1. The lowest BCUT2D eigenvalue weighted by atomic mass is 9.80. The first-order valence-electron chi connectivity index (χ1n) is 5.76. The quantitative estimate of drug-likeness (QED) is 0.732. The first-order valence-corrected chi connectivity index (χ1v) is 5.76. The van der Waals surface area contributed by atoms with Crippen LogP contribution >= 0.6 is 0 Å². The predicted molar refractivity (Wildman–Crippen MR) is 55.2 cm³/mol. The van der Waals surface area contributed by atoms with Gasteiger partial charge in [-0.2, -0.15) is 0 Å². The number of nitrogens with zero attached hydrogens (tertiary/aromatic N) is 1. The minimum absolute atomic E-state index is 0.141. The molecule has 2 heterocycles. The highest BCUT2D eigenvalue weighted by Crippen LogP contribution is 2.31. The van der Waals surface area contributed by atoms with Gasteiger partial charge < -0.3 is 14.7 Å². The van der Waals surface area contributed by atoms with Gasteiger partial charge in [-0.3, -0.25) is 0 Å². The van der Waals surface area contributed by atoms with Gasteiger partial charge in [0.15, 0.2) is 0 Å². The van der Waals surface area contributed by atoms with Crippen LogP contribution < -0.4 is 0 Å². The van der Waals surface area contributed by atoms with Crippen molar-refractivity contribution in [3.05, 3.63) is 0 Å². The van der Waals surface area contributed by atoms with Crippen molar-refractivity contribution in [1.82, 2.24) is 4.90 Å². The number of hydrogen-bond acceptors (Lipinski definition) is 3. The lowest BCUT2D eigenvalue weighted by Crippen LogP contribution is -2.43. The van der Waals surface area contributed by atoms with Crippen LogP contribution in [0.4, 0.5) is 0 Å². The number of ether oxygens (including phenoxy) is 1. The summed E-state index contributed by atoms with van der Waals surface area (Å²) >= 11 is 0. The standard InChI is InChI=1S/C11H21NO2/c13-10-11(3-7-14-8-4-11)9-12-5-1-2-6-12/h13H,1-10H2. The summed E-state index contributed by atoms with van der Waals surface area (Å²) in [7, 11) is 0. The zero-order valence-electron chi connectivity index (χ0n) is 8.87. The molecule has 2 fully saturated rings. The van der Waals surface area contributed by atoms with Crippen molar-refractivity contribution in [2.45, 2.75) is 25.7 Å². The molecule has 0 aromatic carbocycles. The fourth-order valence-corrected chi connectivity index (χ4v) is 2.59. The van der Waals surface area contributed by atoms with Gasteiger partial charge in [-0.25, -0.2) is 0 Å². The molecule has 0 aromatic rings. The predicted octanol–water partition coefficient (Wildman–Crippen LogP) is 0.871. The molecule has 3 heteroatoms. The van der Waals surface area contributed by atoms with E-state index in [1.807, 2.05) is 0 Å². The van der Waals surface area contributed by atoms with Crippen molar-refractivity contribution in [3.63, 3.8) is 0 Å². The molecule has 14 heavy (non-hydrogen) atoms. The zero-order valence-corrected chi connectivity index (χ0v) is 8.87. The highest BCUT2D eigenvalue weighted by molar-refractivity contribution is 4.85. The summed E-state index contributed by atoms with van der Waals surface area (Å²) < 4.78 is 5.36. The molecule has 0 radical (unpaired) electrons. The Kier molecular flexibility index (Phi) is 3.42. The Hall–Kier alpha value is -0.120. The van der Waals surface area contributed by atoms with E-state index in [9.17, 15) is 5.11 Å². The molecule has 1 N–H and O–H groups in total. The van der Waals surface area contributed by atoms with E-state index in [1.54, 1.807) is 0 Å². The maximum absolute atomic E-state index is 9.52.